The van der Waals surface area contributed by atoms with Crippen LogP contribution in [0, 0.1) is 12.7 Å². The van der Waals surface area contributed by atoms with Crippen molar-refractivity contribution in [2.45, 2.75) is 33.0 Å². The Balaban J connectivity index is 1.53. The summed E-state index contributed by atoms with van der Waals surface area (Å²) in [5, 5.41) is 7.23. The van der Waals surface area contributed by atoms with Gasteiger partial charge in [0.05, 0.1) is 16.6 Å². The highest BCUT2D eigenvalue weighted by Gasteiger charge is 2.21. The normalized spacial score (nSPS) is 14.6. The lowest BCUT2D eigenvalue weighted by atomic mass is 10.2. The molecule has 1 aliphatic heterocycles. The van der Waals surface area contributed by atoms with Gasteiger partial charge in [0.25, 0.3) is 5.91 Å². The fourth-order valence-corrected chi connectivity index (χ4v) is 4.47. The van der Waals surface area contributed by atoms with E-state index in [2.05, 4.69) is 20.2 Å². The van der Waals surface area contributed by atoms with Crippen LogP contribution in [0.15, 0.2) is 36.4 Å². The summed E-state index contributed by atoms with van der Waals surface area (Å²) in [6.07, 6.45) is 0. The number of nitrogens with zero attached hydrogens (tertiary/aromatic N) is 2. The van der Waals surface area contributed by atoms with Crippen LogP contribution < -0.4 is 10.6 Å². The molecule has 0 saturated carbocycles. The Labute approximate surface area is 161 Å². The van der Waals surface area contributed by atoms with E-state index in [1.54, 1.807) is 12.1 Å². The number of halogens is 1. The van der Waals surface area contributed by atoms with E-state index < -0.39 is 0 Å². The number of nitrogens with one attached hydrogen (secondary N) is 2. The number of aromatic nitrogens is 2. The van der Waals surface area contributed by atoms with Gasteiger partial charge in [0.1, 0.15) is 16.5 Å². The molecular formula is C20H21FN4OS. The zero-order valence-corrected chi connectivity index (χ0v) is 16.1. The third-order valence-corrected chi connectivity index (χ3v) is 6.18. The fraction of sp³-hybridized carbons (Fsp3) is 0.300. The van der Waals surface area contributed by atoms with E-state index in [1.807, 2.05) is 26.0 Å². The van der Waals surface area contributed by atoms with E-state index in [0.717, 1.165) is 46.5 Å². The van der Waals surface area contributed by atoms with Crippen LogP contribution in [0.25, 0.3) is 10.6 Å². The van der Waals surface area contributed by atoms with Gasteiger partial charge in [0, 0.05) is 30.9 Å². The zero-order chi connectivity index (χ0) is 19.0. The third-order valence-electron chi connectivity index (χ3n) is 4.79. The van der Waals surface area contributed by atoms with Crippen molar-refractivity contribution in [1.82, 2.24) is 20.2 Å². The molecule has 1 atom stereocenters. The number of amides is 1. The first-order chi connectivity index (χ1) is 13.0. The topological polar surface area (TPSA) is 59.0 Å². The number of benzene rings is 1. The molecule has 0 radical (unpaired) electrons. The molecular weight excluding hydrogens is 363 g/mol. The molecule has 4 rings (SSSR count). The second-order valence-corrected chi connectivity index (χ2v) is 7.74. The number of fused-ring (bicyclic) bond motifs is 1. The molecule has 3 heterocycles. The van der Waals surface area contributed by atoms with Gasteiger partial charge in [-0.25, -0.2) is 9.37 Å². The predicted octanol–water partition coefficient (Wildman–Crippen LogP) is 3.65. The van der Waals surface area contributed by atoms with Crippen molar-refractivity contribution in [2.75, 3.05) is 6.54 Å². The molecule has 0 fully saturated rings. The van der Waals surface area contributed by atoms with E-state index in [1.165, 1.54) is 23.5 Å². The average Bonchev–Trinajstić information content (AvgIpc) is 3.26. The first kappa shape index (κ1) is 17.9. The molecule has 140 valence electrons. The van der Waals surface area contributed by atoms with Gasteiger partial charge in [-0.15, -0.1) is 11.3 Å². The summed E-state index contributed by atoms with van der Waals surface area (Å²) in [5.74, 6) is -0.342. The maximum absolute atomic E-state index is 13.1. The number of carbonyl (C=O) groups excluding carboxylic acids is 1. The van der Waals surface area contributed by atoms with Crippen LogP contribution in [-0.2, 0) is 13.1 Å². The second kappa shape index (κ2) is 7.25. The maximum atomic E-state index is 13.1. The molecule has 2 N–H and O–H groups in total. The summed E-state index contributed by atoms with van der Waals surface area (Å²) in [7, 11) is 0. The molecule has 0 bridgehead atoms. The molecule has 1 amide bonds. The number of carbonyl (C=O) groups is 1. The van der Waals surface area contributed by atoms with Crippen molar-refractivity contribution in [3.63, 3.8) is 0 Å². The first-order valence-electron chi connectivity index (χ1n) is 8.96. The summed E-state index contributed by atoms with van der Waals surface area (Å²) in [4.78, 5) is 18.4. The summed E-state index contributed by atoms with van der Waals surface area (Å²) < 4.78 is 15.2. The lowest BCUT2D eigenvalue weighted by Crippen LogP contribution is -2.33. The quantitative estimate of drug-likeness (QED) is 0.722. The van der Waals surface area contributed by atoms with Crippen LogP contribution in [0.3, 0.4) is 0 Å². The Morgan fingerprint density at radius 1 is 1.30 bits per heavy atom. The second-order valence-electron chi connectivity index (χ2n) is 6.71. The lowest BCUT2D eigenvalue weighted by molar-refractivity contribution is 0.0930. The van der Waals surface area contributed by atoms with E-state index >= 15 is 0 Å². The van der Waals surface area contributed by atoms with Gasteiger partial charge >= 0.3 is 0 Å². The monoisotopic (exact) mass is 384 g/mol. The number of hydrogen-bond acceptors (Lipinski definition) is 4. The molecule has 7 heteroatoms. The van der Waals surface area contributed by atoms with Gasteiger partial charge < -0.3 is 15.2 Å². The lowest BCUT2D eigenvalue weighted by Gasteiger charge is -2.20. The standard InChI is InChI=1S/C20H21FN4OS/c1-12(23-19(26)17-8-7-16-11-22-9-10-25(16)17)18-13(2)24-20(27-18)14-3-5-15(21)6-4-14/h3-8,12,22H,9-11H2,1-2H3,(H,23,26). The van der Waals surface area contributed by atoms with Gasteiger partial charge in [-0.2, -0.15) is 0 Å². The summed E-state index contributed by atoms with van der Waals surface area (Å²) in [6.45, 7) is 6.36. The summed E-state index contributed by atoms with van der Waals surface area (Å²) in [5.41, 5.74) is 3.59. The Kier molecular flexibility index (Phi) is 4.80. The van der Waals surface area contributed by atoms with E-state index in [0.29, 0.717) is 5.69 Å². The van der Waals surface area contributed by atoms with Gasteiger partial charge in [-0.1, -0.05) is 0 Å². The molecule has 0 saturated heterocycles. The number of aryl methyl sites for hydroxylation is 1. The molecule has 27 heavy (non-hydrogen) atoms. The van der Waals surface area contributed by atoms with Gasteiger partial charge in [-0.05, 0) is 50.2 Å². The Bertz CT molecular complexity index is 977. The smallest absolute Gasteiger partial charge is 0.268 e. The molecule has 0 aliphatic carbocycles. The zero-order valence-electron chi connectivity index (χ0n) is 15.3. The Morgan fingerprint density at radius 3 is 2.85 bits per heavy atom. The SMILES string of the molecule is Cc1nc(-c2ccc(F)cc2)sc1C(C)NC(=O)c1ccc2n1CCNC2. The van der Waals surface area contributed by atoms with Crippen LogP contribution in [-0.4, -0.2) is 22.0 Å². The van der Waals surface area contributed by atoms with Gasteiger partial charge in [0.2, 0.25) is 0 Å². The largest absolute Gasteiger partial charge is 0.343 e. The average molecular weight is 384 g/mol. The van der Waals surface area contributed by atoms with Crippen molar-refractivity contribution in [3.8, 4) is 10.6 Å². The molecule has 5 nitrogen and oxygen atoms in total. The number of thiazole rings is 1. The summed E-state index contributed by atoms with van der Waals surface area (Å²) >= 11 is 1.53. The van der Waals surface area contributed by atoms with Crippen molar-refractivity contribution in [2.24, 2.45) is 0 Å². The van der Waals surface area contributed by atoms with Crippen LogP contribution >= 0.6 is 11.3 Å². The highest BCUT2D eigenvalue weighted by Crippen LogP contribution is 2.32. The highest BCUT2D eigenvalue weighted by molar-refractivity contribution is 7.15. The van der Waals surface area contributed by atoms with Crippen molar-refractivity contribution in [3.05, 3.63) is 64.2 Å². The number of rotatable bonds is 4. The molecule has 1 aliphatic rings. The van der Waals surface area contributed by atoms with Crippen molar-refractivity contribution in [1.29, 1.82) is 0 Å². The Morgan fingerprint density at radius 2 is 2.07 bits per heavy atom. The third kappa shape index (κ3) is 3.52. The predicted molar refractivity (Wildman–Crippen MR) is 104 cm³/mol. The molecule has 0 spiro atoms. The van der Waals surface area contributed by atoms with Gasteiger partial charge in [-0.3, -0.25) is 4.79 Å². The summed E-state index contributed by atoms with van der Waals surface area (Å²) in [6, 6.07) is 10.0. The molecule has 1 unspecified atom stereocenters. The van der Waals surface area contributed by atoms with Crippen LogP contribution in [0.2, 0.25) is 0 Å². The Hall–Kier alpha value is -2.51. The highest BCUT2D eigenvalue weighted by atomic mass is 32.1. The van der Waals surface area contributed by atoms with E-state index in [-0.39, 0.29) is 17.8 Å². The minimum atomic E-state index is -0.265. The number of hydrogen-bond donors (Lipinski definition) is 2. The minimum absolute atomic E-state index is 0.0771. The fourth-order valence-electron chi connectivity index (χ4n) is 3.40. The van der Waals surface area contributed by atoms with Gasteiger partial charge in [0.15, 0.2) is 0 Å². The van der Waals surface area contributed by atoms with Crippen molar-refractivity contribution < 1.29 is 9.18 Å². The first-order valence-corrected chi connectivity index (χ1v) is 9.78. The van der Waals surface area contributed by atoms with E-state index in [4.69, 9.17) is 0 Å². The minimum Gasteiger partial charge on any atom is -0.343 e. The molecule has 2 aromatic heterocycles. The van der Waals surface area contributed by atoms with Crippen molar-refractivity contribution >= 4 is 17.2 Å². The molecule has 3 aromatic rings. The van der Waals surface area contributed by atoms with E-state index in [9.17, 15) is 9.18 Å². The van der Waals surface area contributed by atoms with Crippen LogP contribution in [0.1, 0.15) is 39.7 Å². The van der Waals surface area contributed by atoms with Crippen LogP contribution in [0.5, 0.6) is 0 Å². The molecule has 1 aromatic carbocycles. The van der Waals surface area contributed by atoms with Crippen LogP contribution in [0.4, 0.5) is 4.39 Å². The maximum Gasteiger partial charge on any atom is 0.268 e.